The third-order valence-electron chi connectivity index (χ3n) is 3.10. The molecule has 0 heterocycles. The van der Waals surface area contributed by atoms with Gasteiger partial charge >= 0.3 is 0 Å². The lowest BCUT2D eigenvalue weighted by Gasteiger charge is -2.25. The molecule has 0 saturated heterocycles. The molecule has 1 aliphatic rings. The minimum Gasteiger partial charge on any atom is -0.398 e. The lowest BCUT2D eigenvalue weighted by molar-refractivity contribution is 0.791. The predicted molar refractivity (Wildman–Crippen MR) is 73.9 cm³/mol. The van der Waals surface area contributed by atoms with Crippen LogP contribution in [0.15, 0.2) is 16.6 Å². The quantitative estimate of drug-likeness (QED) is 0.867. The van der Waals surface area contributed by atoms with Gasteiger partial charge in [-0.1, -0.05) is 0 Å². The highest BCUT2D eigenvalue weighted by Crippen LogP contribution is 2.37. The van der Waals surface area contributed by atoms with E-state index in [-0.39, 0.29) is 0 Å². The molecule has 2 N–H and O–H groups in total. The Bertz CT molecular complexity index is 460. The van der Waals surface area contributed by atoms with Crippen LogP contribution < -0.4 is 10.6 Å². The number of hydrogen-bond acceptors (Lipinski definition) is 3. The van der Waals surface area contributed by atoms with Gasteiger partial charge in [0, 0.05) is 22.7 Å². The van der Waals surface area contributed by atoms with Crippen LogP contribution in [0.25, 0.3) is 0 Å². The number of aryl methyl sites for hydroxylation is 1. The summed E-state index contributed by atoms with van der Waals surface area (Å²) in [6, 6.07) is 6.87. The Labute approximate surface area is 110 Å². The van der Waals surface area contributed by atoms with E-state index < -0.39 is 0 Å². The van der Waals surface area contributed by atoms with E-state index in [9.17, 15) is 0 Å². The van der Waals surface area contributed by atoms with Crippen molar-refractivity contribution in [2.24, 2.45) is 0 Å². The maximum absolute atomic E-state index is 8.72. The molecule has 1 saturated carbocycles. The molecule has 0 atom stereocenters. The zero-order valence-electron chi connectivity index (χ0n) is 9.91. The van der Waals surface area contributed by atoms with Gasteiger partial charge in [-0.15, -0.1) is 0 Å². The molecule has 90 valence electrons. The molecule has 4 heteroatoms. The smallest absolute Gasteiger partial charge is 0.0640 e. The van der Waals surface area contributed by atoms with Crippen molar-refractivity contribution in [1.29, 1.82) is 5.26 Å². The molecule has 2 rings (SSSR count). The second-order valence-electron chi connectivity index (χ2n) is 4.49. The molecule has 0 unspecified atom stereocenters. The van der Waals surface area contributed by atoms with E-state index in [0.29, 0.717) is 12.5 Å². The standard InChI is InChI=1S/C13H16BrN3/c1-9-7-13(11(14)8-12(9)16)17(6-2-5-15)10-3-4-10/h7-8,10H,2-4,6,16H2,1H3. The number of nitrogen functional groups attached to an aromatic ring is 1. The summed E-state index contributed by atoms with van der Waals surface area (Å²) in [6.45, 7) is 2.81. The monoisotopic (exact) mass is 293 g/mol. The third kappa shape index (κ3) is 2.73. The number of nitrogens with zero attached hydrogens (tertiary/aromatic N) is 2. The van der Waals surface area contributed by atoms with E-state index >= 15 is 0 Å². The first-order valence-electron chi connectivity index (χ1n) is 5.82. The van der Waals surface area contributed by atoms with E-state index in [2.05, 4.69) is 33.0 Å². The molecule has 1 aromatic rings. The minimum atomic E-state index is 0.562. The lowest BCUT2D eigenvalue weighted by Crippen LogP contribution is -2.27. The summed E-state index contributed by atoms with van der Waals surface area (Å²) in [5, 5.41) is 8.72. The minimum absolute atomic E-state index is 0.562. The zero-order valence-corrected chi connectivity index (χ0v) is 11.5. The molecule has 0 radical (unpaired) electrons. The molecule has 1 aliphatic carbocycles. The van der Waals surface area contributed by atoms with Crippen molar-refractivity contribution in [2.45, 2.75) is 32.2 Å². The summed E-state index contributed by atoms with van der Waals surface area (Å²) in [5.74, 6) is 0. The Morgan fingerprint density at radius 1 is 1.53 bits per heavy atom. The maximum Gasteiger partial charge on any atom is 0.0640 e. The van der Waals surface area contributed by atoms with Crippen molar-refractivity contribution in [3.8, 4) is 6.07 Å². The van der Waals surface area contributed by atoms with Gasteiger partial charge in [0.05, 0.1) is 18.2 Å². The summed E-state index contributed by atoms with van der Waals surface area (Å²) in [4.78, 5) is 2.32. The molecular formula is C13H16BrN3. The van der Waals surface area contributed by atoms with Crippen LogP contribution in [0, 0.1) is 18.3 Å². The fraction of sp³-hybridized carbons (Fsp3) is 0.462. The molecule has 0 spiro atoms. The van der Waals surface area contributed by atoms with Gasteiger partial charge in [-0.2, -0.15) is 5.26 Å². The van der Waals surface area contributed by atoms with Crippen LogP contribution in [0.3, 0.4) is 0 Å². The third-order valence-corrected chi connectivity index (χ3v) is 3.73. The van der Waals surface area contributed by atoms with Gasteiger partial charge in [0.2, 0.25) is 0 Å². The van der Waals surface area contributed by atoms with Crippen molar-refractivity contribution in [2.75, 3.05) is 17.2 Å². The molecule has 1 aromatic carbocycles. The van der Waals surface area contributed by atoms with Crippen molar-refractivity contribution >= 4 is 27.3 Å². The molecule has 0 bridgehead atoms. The fourth-order valence-corrected chi connectivity index (χ4v) is 2.55. The second kappa shape index (κ2) is 4.97. The number of anilines is 2. The van der Waals surface area contributed by atoms with Gasteiger partial charge in [0.15, 0.2) is 0 Å². The van der Waals surface area contributed by atoms with Crippen molar-refractivity contribution in [3.63, 3.8) is 0 Å². The highest BCUT2D eigenvalue weighted by atomic mass is 79.9. The Kier molecular flexibility index (Phi) is 3.58. The highest BCUT2D eigenvalue weighted by Gasteiger charge is 2.30. The maximum atomic E-state index is 8.72. The summed E-state index contributed by atoms with van der Waals surface area (Å²) in [5.41, 5.74) is 8.93. The van der Waals surface area contributed by atoms with E-state index in [0.717, 1.165) is 28.0 Å². The van der Waals surface area contributed by atoms with Gasteiger partial charge < -0.3 is 10.6 Å². The van der Waals surface area contributed by atoms with Gasteiger partial charge in [-0.25, -0.2) is 0 Å². The van der Waals surface area contributed by atoms with E-state index in [1.54, 1.807) is 0 Å². The summed E-state index contributed by atoms with van der Waals surface area (Å²) < 4.78 is 1.02. The average Bonchev–Trinajstić information content (AvgIpc) is 3.10. The van der Waals surface area contributed by atoms with Crippen molar-refractivity contribution in [1.82, 2.24) is 0 Å². The summed E-state index contributed by atoms with van der Waals surface area (Å²) in [6.07, 6.45) is 3.01. The van der Waals surface area contributed by atoms with Crippen LogP contribution >= 0.6 is 15.9 Å². The van der Waals surface area contributed by atoms with Crippen molar-refractivity contribution < 1.29 is 0 Å². The topological polar surface area (TPSA) is 53.0 Å². The molecular weight excluding hydrogens is 278 g/mol. The Morgan fingerprint density at radius 2 is 2.24 bits per heavy atom. The first-order chi connectivity index (χ1) is 8.13. The molecule has 3 nitrogen and oxygen atoms in total. The Balaban J connectivity index is 2.29. The van der Waals surface area contributed by atoms with Crippen LogP contribution in [-0.2, 0) is 0 Å². The van der Waals surface area contributed by atoms with Gasteiger partial charge in [-0.3, -0.25) is 0 Å². The first-order valence-corrected chi connectivity index (χ1v) is 6.62. The first kappa shape index (κ1) is 12.3. The van der Waals surface area contributed by atoms with Gasteiger partial charge in [-0.05, 0) is 53.4 Å². The van der Waals surface area contributed by atoms with Crippen LogP contribution in [0.1, 0.15) is 24.8 Å². The molecule has 0 aromatic heterocycles. The number of nitriles is 1. The fourth-order valence-electron chi connectivity index (χ4n) is 1.96. The van der Waals surface area contributed by atoms with Crippen molar-refractivity contribution in [3.05, 3.63) is 22.2 Å². The number of nitrogens with two attached hydrogens (primary N) is 1. The van der Waals surface area contributed by atoms with Gasteiger partial charge in [0.25, 0.3) is 0 Å². The second-order valence-corrected chi connectivity index (χ2v) is 5.35. The molecule has 1 fully saturated rings. The predicted octanol–water partition coefficient (Wildman–Crippen LogP) is 3.22. The van der Waals surface area contributed by atoms with E-state index in [1.165, 1.54) is 12.8 Å². The SMILES string of the molecule is Cc1cc(N(CCC#N)C2CC2)c(Br)cc1N. The Morgan fingerprint density at radius 3 is 2.82 bits per heavy atom. The molecule has 0 aliphatic heterocycles. The average molecular weight is 294 g/mol. The number of halogens is 1. The Hall–Kier alpha value is -1.21. The molecule has 0 amide bonds. The number of hydrogen-bond donors (Lipinski definition) is 1. The summed E-state index contributed by atoms with van der Waals surface area (Å²) >= 11 is 3.57. The number of benzene rings is 1. The van der Waals surface area contributed by atoms with Crippen LogP contribution in [0.5, 0.6) is 0 Å². The highest BCUT2D eigenvalue weighted by molar-refractivity contribution is 9.10. The lowest BCUT2D eigenvalue weighted by atomic mass is 10.1. The van der Waals surface area contributed by atoms with Gasteiger partial charge in [0.1, 0.15) is 0 Å². The van der Waals surface area contributed by atoms with E-state index in [1.807, 2.05) is 13.0 Å². The normalized spacial score (nSPS) is 14.4. The summed E-state index contributed by atoms with van der Waals surface area (Å²) in [7, 11) is 0. The zero-order chi connectivity index (χ0) is 12.4. The molecule has 17 heavy (non-hydrogen) atoms. The largest absolute Gasteiger partial charge is 0.398 e. The van der Waals surface area contributed by atoms with E-state index in [4.69, 9.17) is 11.0 Å². The van der Waals surface area contributed by atoms with Crippen LogP contribution in [0.4, 0.5) is 11.4 Å². The van der Waals surface area contributed by atoms with Crippen LogP contribution in [-0.4, -0.2) is 12.6 Å². The van der Waals surface area contributed by atoms with Crippen LogP contribution in [0.2, 0.25) is 0 Å². The number of rotatable bonds is 4.